The summed E-state index contributed by atoms with van der Waals surface area (Å²) in [6, 6.07) is 0. The van der Waals surface area contributed by atoms with Crippen LogP contribution in [0, 0.1) is 0 Å². The zero-order valence-electron chi connectivity index (χ0n) is 4.50. The number of rotatable bonds is 3. The number of aldehydes is 1. The van der Waals surface area contributed by atoms with Gasteiger partial charge in [-0.1, -0.05) is 6.58 Å². The van der Waals surface area contributed by atoms with Crippen LogP contribution in [0.1, 0.15) is 0 Å². The van der Waals surface area contributed by atoms with Crippen molar-refractivity contribution in [2.75, 3.05) is 6.54 Å². The van der Waals surface area contributed by atoms with E-state index in [1.165, 1.54) is 0 Å². The second kappa shape index (κ2) is 4.05. The molecule has 0 saturated heterocycles. The van der Waals surface area contributed by atoms with E-state index in [-0.39, 0.29) is 0 Å². The first kappa shape index (κ1) is 6.88. The lowest BCUT2D eigenvalue weighted by Gasteiger charge is -1.86. The van der Waals surface area contributed by atoms with Crippen LogP contribution in [-0.4, -0.2) is 19.0 Å². The number of aliphatic imine (C=N–C) groups is 1. The van der Waals surface area contributed by atoms with E-state index in [0.717, 1.165) is 6.21 Å². The van der Waals surface area contributed by atoms with Gasteiger partial charge < -0.3 is 5.73 Å². The zero-order chi connectivity index (χ0) is 6.41. The summed E-state index contributed by atoms with van der Waals surface area (Å²) in [5, 5.41) is 0. The first-order valence-corrected chi connectivity index (χ1v) is 2.14. The van der Waals surface area contributed by atoms with E-state index in [2.05, 4.69) is 11.6 Å². The summed E-state index contributed by atoms with van der Waals surface area (Å²) in [4.78, 5) is 13.1. The summed E-state index contributed by atoms with van der Waals surface area (Å²) in [6.07, 6.45) is 1.75. The maximum absolute atomic E-state index is 9.57. The molecule has 0 amide bonds. The predicted octanol–water partition coefficient (Wildman–Crippen LogP) is -0.272. The van der Waals surface area contributed by atoms with Gasteiger partial charge in [-0.2, -0.15) is 0 Å². The molecule has 0 aromatic carbocycles. The second-order valence-electron chi connectivity index (χ2n) is 1.28. The molecule has 0 heterocycles. The monoisotopic (exact) mass is 112 g/mol. The van der Waals surface area contributed by atoms with E-state index in [9.17, 15) is 4.79 Å². The quantitative estimate of drug-likeness (QED) is 0.403. The summed E-state index contributed by atoms with van der Waals surface area (Å²) in [5.74, 6) is 0. The highest BCUT2D eigenvalue weighted by Crippen LogP contribution is 1.74. The van der Waals surface area contributed by atoms with Crippen molar-refractivity contribution in [3.8, 4) is 0 Å². The van der Waals surface area contributed by atoms with E-state index < -0.39 is 0 Å². The molecular weight excluding hydrogens is 104 g/mol. The van der Waals surface area contributed by atoms with Crippen molar-refractivity contribution in [2.24, 2.45) is 10.7 Å². The van der Waals surface area contributed by atoms with Gasteiger partial charge in [-0.05, 0) is 0 Å². The Morgan fingerprint density at radius 3 is 2.88 bits per heavy atom. The summed E-state index contributed by atoms with van der Waals surface area (Å²) >= 11 is 0. The number of hydrogen-bond acceptors (Lipinski definition) is 3. The molecule has 8 heavy (non-hydrogen) atoms. The lowest BCUT2D eigenvalue weighted by atomic mass is 10.5. The van der Waals surface area contributed by atoms with Crippen molar-refractivity contribution in [1.82, 2.24) is 0 Å². The minimum atomic E-state index is 0.332. The Kier molecular flexibility index (Phi) is 3.48. The number of carbonyl (C=O) groups is 1. The molecule has 2 N–H and O–H groups in total. The number of carbonyl (C=O) groups excluding carboxylic acids is 1. The minimum Gasteiger partial charge on any atom is -0.401 e. The van der Waals surface area contributed by atoms with Gasteiger partial charge in [0.2, 0.25) is 0 Å². The molecule has 3 heteroatoms. The van der Waals surface area contributed by atoms with Crippen LogP contribution in [0.4, 0.5) is 0 Å². The summed E-state index contributed by atoms with van der Waals surface area (Å²) in [6.45, 7) is 3.71. The second-order valence-corrected chi connectivity index (χ2v) is 1.28. The van der Waals surface area contributed by atoms with Gasteiger partial charge in [-0.15, -0.1) is 0 Å². The third-order valence-electron chi connectivity index (χ3n) is 0.461. The largest absolute Gasteiger partial charge is 0.401 e. The van der Waals surface area contributed by atoms with Gasteiger partial charge in [0.25, 0.3) is 0 Å². The summed E-state index contributed by atoms with van der Waals surface area (Å²) in [5.41, 5.74) is 5.57. The van der Waals surface area contributed by atoms with Crippen LogP contribution >= 0.6 is 0 Å². The molecule has 3 nitrogen and oxygen atoms in total. The van der Waals surface area contributed by atoms with E-state index >= 15 is 0 Å². The van der Waals surface area contributed by atoms with E-state index in [1.807, 2.05) is 0 Å². The molecule has 0 aromatic heterocycles. The normalized spacial score (nSPS) is 9.50. The topological polar surface area (TPSA) is 55.4 Å². The molecule has 0 aliphatic heterocycles. The van der Waals surface area contributed by atoms with Crippen LogP contribution in [0.5, 0.6) is 0 Å². The highest BCUT2D eigenvalue weighted by molar-refractivity contribution is 6.12. The molecule has 0 bridgehead atoms. The molecule has 0 atom stereocenters. The van der Waals surface area contributed by atoms with Crippen LogP contribution in [0.25, 0.3) is 0 Å². The highest BCUT2D eigenvalue weighted by atomic mass is 16.1. The molecule has 0 fully saturated rings. The lowest BCUT2D eigenvalue weighted by Crippen LogP contribution is -1.98. The number of nitrogens with zero attached hydrogens (tertiary/aromatic N) is 1. The fourth-order valence-corrected chi connectivity index (χ4v) is 0.213. The molecule has 0 unspecified atom stereocenters. The zero-order valence-corrected chi connectivity index (χ0v) is 4.50. The summed E-state index contributed by atoms with van der Waals surface area (Å²) < 4.78 is 0. The smallest absolute Gasteiger partial charge is 0.160 e. The lowest BCUT2D eigenvalue weighted by molar-refractivity contribution is -0.102. The standard InChI is InChI=1S/C5H8N2O/c1-5(6)4-7-2-3-8/h2-3H,1,4,6H2/b7-2-. The Labute approximate surface area is 47.9 Å². The predicted molar refractivity (Wildman–Crippen MR) is 32.8 cm³/mol. The Balaban J connectivity index is 3.29. The van der Waals surface area contributed by atoms with Crippen molar-refractivity contribution < 1.29 is 4.79 Å². The fourth-order valence-electron chi connectivity index (χ4n) is 0.213. The molecular formula is C5H8N2O. The fraction of sp³-hybridized carbons (Fsp3) is 0.200. The SMILES string of the molecule is C=C(N)C/N=C\C=O. The Morgan fingerprint density at radius 2 is 2.50 bits per heavy atom. The molecule has 0 radical (unpaired) electrons. The van der Waals surface area contributed by atoms with Crippen molar-refractivity contribution in [2.45, 2.75) is 0 Å². The van der Waals surface area contributed by atoms with E-state index in [0.29, 0.717) is 18.5 Å². The van der Waals surface area contributed by atoms with Crippen LogP contribution in [0.3, 0.4) is 0 Å². The molecule has 44 valence electrons. The molecule has 0 saturated carbocycles. The van der Waals surface area contributed by atoms with Crippen molar-refractivity contribution >= 4 is 12.5 Å². The average molecular weight is 112 g/mol. The van der Waals surface area contributed by atoms with Crippen LogP contribution in [0.2, 0.25) is 0 Å². The molecule has 0 aromatic rings. The summed E-state index contributed by atoms with van der Waals surface area (Å²) in [7, 11) is 0. The number of nitrogens with two attached hydrogens (primary N) is 1. The maximum Gasteiger partial charge on any atom is 0.160 e. The van der Waals surface area contributed by atoms with Gasteiger partial charge >= 0.3 is 0 Å². The average Bonchev–Trinajstić information content (AvgIpc) is 1.66. The van der Waals surface area contributed by atoms with Gasteiger partial charge in [-0.25, -0.2) is 0 Å². The molecule has 0 spiro atoms. The number of hydrogen-bond donors (Lipinski definition) is 1. The minimum absolute atomic E-state index is 0.332. The molecule has 0 rings (SSSR count). The van der Waals surface area contributed by atoms with Gasteiger partial charge in [-0.3, -0.25) is 9.79 Å². The Hall–Kier alpha value is -1.12. The highest BCUT2D eigenvalue weighted by Gasteiger charge is 1.75. The third kappa shape index (κ3) is 4.88. The van der Waals surface area contributed by atoms with Crippen molar-refractivity contribution in [1.29, 1.82) is 0 Å². The first-order valence-electron chi connectivity index (χ1n) is 2.14. The Morgan fingerprint density at radius 1 is 1.88 bits per heavy atom. The van der Waals surface area contributed by atoms with Gasteiger partial charge in [0.05, 0.1) is 12.8 Å². The van der Waals surface area contributed by atoms with E-state index in [1.54, 1.807) is 0 Å². The Bertz CT molecular complexity index is 118. The van der Waals surface area contributed by atoms with Gasteiger partial charge in [0.1, 0.15) is 0 Å². The molecule has 0 aliphatic rings. The van der Waals surface area contributed by atoms with Crippen LogP contribution in [0.15, 0.2) is 17.3 Å². The van der Waals surface area contributed by atoms with Crippen LogP contribution in [-0.2, 0) is 4.79 Å². The van der Waals surface area contributed by atoms with E-state index in [4.69, 9.17) is 5.73 Å². The van der Waals surface area contributed by atoms with Gasteiger partial charge in [0.15, 0.2) is 6.29 Å². The van der Waals surface area contributed by atoms with Gasteiger partial charge in [0, 0.05) is 5.70 Å². The third-order valence-corrected chi connectivity index (χ3v) is 0.461. The first-order chi connectivity index (χ1) is 3.77. The van der Waals surface area contributed by atoms with Crippen molar-refractivity contribution in [3.63, 3.8) is 0 Å². The molecule has 0 aliphatic carbocycles. The maximum atomic E-state index is 9.57. The van der Waals surface area contributed by atoms with Crippen molar-refractivity contribution in [3.05, 3.63) is 12.3 Å². The van der Waals surface area contributed by atoms with Crippen LogP contribution < -0.4 is 5.73 Å².